The van der Waals surface area contributed by atoms with Crippen molar-refractivity contribution in [2.45, 2.75) is 20.0 Å². The van der Waals surface area contributed by atoms with Gasteiger partial charge in [0.15, 0.2) is 0 Å². The Labute approximate surface area is 115 Å². The number of hydrogen-bond acceptors (Lipinski definition) is 3. The van der Waals surface area contributed by atoms with Crippen molar-refractivity contribution < 1.29 is 0 Å². The molecule has 2 nitrogen and oxygen atoms in total. The maximum atomic E-state index is 6.08. The average molecular weight is 287 g/mol. The highest BCUT2D eigenvalue weighted by molar-refractivity contribution is 7.11. The SMILES string of the molecule is Cc1cnc(CNCc2c(Cl)cccc2Cl)s1. The van der Waals surface area contributed by atoms with Crippen molar-refractivity contribution in [2.75, 3.05) is 0 Å². The molecule has 1 aromatic heterocycles. The molecule has 0 amide bonds. The van der Waals surface area contributed by atoms with Crippen LogP contribution in [0.15, 0.2) is 24.4 Å². The molecule has 2 rings (SSSR count). The Morgan fingerprint density at radius 1 is 1.24 bits per heavy atom. The maximum Gasteiger partial charge on any atom is 0.107 e. The lowest BCUT2D eigenvalue weighted by Crippen LogP contribution is -2.13. The fraction of sp³-hybridized carbons (Fsp3) is 0.250. The molecule has 90 valence electrons. The van der Waals surface area contributed by atoms with Gasteiger partial charge in [-0.3, -0.25) is 0 Å². The molecule has 0 saturated heterocycles. The summed E-state index contributed by atoms with van der Waals surface area (Å²) in [5, 5.41) is 5.76. The summed E-state index contributed by atoms with van der Waals surface area (Å²) in [4.78, 5) is 5.50. The van der Waals surface area contributed by atoms with Gasteiger partial charge in [0.1, 0.15) is 5.01 Å². The molecule has 0 unspecified atom stereocenters. The Hall–Kier alpha value is -0.610. The number of hydrogen-bond donors (Lipinski definition) is 1. The van der Waals surface area contributed by atoms with Gasteiger partial charge >= 0.3 is 0 Å². The van der Waals surface area contributed by atoms with Crippen LogP contribution in [0.1, 0.15) is 15.4 Å². The molecule has 0 radical (unpaired) electrons. The van der Waals surface area contributed by atoms with Crippen LogP contribution in [0.2, 0.25) is 10.0 Å². The van der Waals surface area contributed by atoms with Crippen LogP contribution in [0.5, 0.6) is 0 Å². The molecule has 0 aliphatic heterocycles. The van der Waals surface area contributed by atoms with E-state index in [2.05, 4.69) is 10.3 Å². The quantitative estimate of drug-likeness (QED) is 0.917. The van der Waals surface area contributed by atoms with E-state index in [1.165, 1.54) is 4.88 Å². The van der Waals surface area contributed by atoms with Gasteiger partial charge in [0, 0.05) is 39.8 Å². The molecule has 1 N–H and O–H groups in total. The first-order chi connectivity index (χ1) is 8.16. The average Bonchev–Trinajstić information content (AvgIpc) is 2.69. The topological polar surface area (TPSA) is 24.9 Å². The standard InChI is InChI=1S/C12H12Cl2N2S/c1-8-5-16-12(17-8)7-15-6-9-10(13)3-2-4-11(9)14/h2-5,15H,6-7H2,1H3. The van der Waals surface area contributed by atoms with Gasteiger partial charge in [0.05, 0.1) is 0 Å². The van der Waals surface area contributed by atoms with Crippen molar-refractivity contribution in [3.05, 3.63) is 49.9 Å². The summed E-state index contributed by atoms with van der Waals surface area (Å²) in [5.41, 5.74) is 0.934. The molecule has 5 heteroatoms. The van der Waals surface area contributed by atoms with Crippen molar-refractivity contribution in [1.29, 1.82) is 0 Å². The second-order valence-electron chi connectivity index (χ2n) is 3.67. The predicted molar refractivity (Wildman–Crippen MR) is 73.9 cm³/mol. The fourth-order valence-electron chi connectivity index (χ4n) is 1.48. The highest BCUT2D eigenvalue weighted by Gasteiger charge is 2.05. The fourth-order valence-corrected chi connectivity index (χ4v) is 2.77. The van der Waals surface area contributed by atoms with Gasteiger partial charge in [-0.2, -0.15) is 0 Å². The van der Waals surface area contributed by atoms with Crippen molar-refractivity contribution in [3.63, 3.8) is 0 Å². The summed E-state index contributed by atoms with van der Waals surface area (Å²) in [5.74, 6) is 0. The van der Waals surface area contributed by atoms with Crippen LogP contribution in [0, 0.1) is 6.92 Å². The van der Waals surface area contributed by atoms with Crippen LogP contribution in [0.4, 0.5) is 0 Å². The maximum absolute atomic E-state index is 6.08. The Morgan fingerprint density at radius 2 is 1.94 bits per heavy atom. The van der Waals surface area contributed by atoms with Gasteiger partial charge in [0.25, 0.3) is 0 Å². The minimum absolute atomic E-state index is 0.650. The molecule has 0 spiro atoms. The van der Waals surface area contributed by atoms with Gasteiger partial charge in [-0.1, -0.05) is 29.3 Å². The molecule has 0 bridgehead atoms. The van der Waals surface area contributed by atoms with Crippen LogP contribution in [0.25, 0.3) is 0 Å². The first-order valence-corrected chi connectivity index (χ1v) is 6.79. The Bertz CT molecular complexity index is 491. The van der Waals surface area contributed by atoms with E-state index in [0.29, 0.717) is 16.6 Å². The van der Waals surface area contributed by atoms with Crippen LogP contribution in [0.3, 0.4) is 0 Å². The van der Waals surface area contributed by atoms with Gasteiger partial charge in [0.2, 0.25) is 0 Å². The van der Waals surface area contributed by atoms with Gasteiger partial charge in [-0.25, -0.2) is 4.98 Å². The number of halogens is 2. The number of nitrogens with one attached hydrogen (secondary N) is 1. The molecular weight excluding hydrogens is 275 g/mol. The minimum Gasteiger partial charge on any atom is -0.306 e. The zero-order chi connectivity index (χ0) is 12.3. The second-order valence-corrected chi connectivity index (χ2v) is 5.80. The first-order valence-electron chi connectivity index (χ1n) is 5.21. The predicted octanol–water partition coefficient (Wildman–Crippen LogP) is 4.05. The molecule has 0 aliphatic carbocycles. The van der Waals surface area contributed by atoms with E-state index in [1.54, 1.807) is 11.3 Å². The van der Waals surface area contributed by atoms with Gasteiger partial charge in [-0.15, -0.1) is 11.3 Å². The summed E-state index contributed by atoms with van der Waals surface area (Å²) >= 11 is 13.8. The molecule has 2 aromatic rings. The molecule has 17 heavy (non-hydrogen) atoms. The molecule has 0 aliphatic rings. The molecule has 1 heterocycles. The summed E-state index contributed by atoms with van der Waals surface area (Å²) in [7, 11) is 0. The Morgan fingerprint density at radius 3 is 2.53 bits per heavy atom. The number of thiazole rings is 1. The molecular formula is C12H12Cl2N2S. The van der Waals surface area contributed by atoms with Gasteiger partial charge in [-0.05, 0) is 19.1 Å². The largest absolute Gasteiger partial charge is 0.306 e. The van der Waals surface area contributed by atoms with Crippen molar-refractivity contribution >= 4 is 34.5 Å². The zero-order valence-corrected chi connectivity index (χ0v) is 11.7. The first kappa shape index (κ1) is 12.8. The van der Waals surface area contributed by atoms with Gasteiger partial charge < -0.3 is 5.32 Å². The Kier molecular flexibility index (Phi) is 4.40. The van der Waals surface area contributed by atoms with Crippen LogP contribution in [-0.4, -0.2) is 4.98 Å². The molecule has 0 saturated carbocycles. The molecule has 1 aromatic carbocycles. The molecule has 0 atom stereocenters. The zero-order valence-electron chi connectivity index (χ0n) is 9.34. The van der Waals surface area contributed by atoms with Crippen LogP contribution < -0.4 is 5.32 Å². The van der Waals surface area contributed by atoms with E-state index in [4.69, 9.17) is 23.2 Å². The minimum atomic E-state index is 0.650. The van der Waals surface area contributed by atoms with Crippen molar-refractivity contribution in [2.24, 2.45) is 0 Å². The van der Waals surface area contributed by atoms with Crippen molar-refractivity contribution in [1.82, 2.24) is 10.3 Å². The summed E-state index contributed by atoms with van der Waals surface area (Å²) < 4.78 is 0. The lowest BCUT2D eigenvalue weighted by atomic mass is 10.2. The summed E-state index contributed by atoms with van der Waals surface area (Å²) in [6.07, 6.45) is 1.88. The number of benzene rings is 1. The third-order valence-corrected chi connectivity index (χ3v) is 3.93. The third-order valence-electron chi connectivity index (χ3n) is 2.31. The lowest BCUT2D eigenvalue weighted by molar-refractivity contribution is 0.690. The van der Waals surface area contributed by atoms with E-state index in [0.717, 1.165) is 17.1 Å². The van der Waals surface area contributed by atoms with Crippen LogP contribution in [-0.2, 0) is 13.1 Å². The second kappa shape index (κ2) is 5.83. The van der Waals surface area contributed by atoms with E-state index < -0.39 is 0 Å². The number of aryl methyl sites for hydroxylation is 1. The number of aromatic nitrogens is 1. The van der Waals surface area contributed by atoms with E-state index in [9.17, 15) is 0 Å². The third kappa shape index (κ3) is 3.42. The highest BCUT2D eigenvalue weighted by Crippen LogP contribution is 2.24. The Balaban J connectivity index is 1.94. The smallest absolute Gasteiger partial charge is 0.107 e. The van der Waals surface area contributed by atoms with E-state index >= 15 is 0 Å². The number of nitrogens with zero attached hydrogens (tertiary/aromatic N) is 1. The highest BCUT2D eigenvalue weighted by atomic mass is 35.5. The lowest BCUT2D eigenvalue weighted by Gasteiger charge is -2.07. The summed E-state index contributed by atoms with van der Waals surface area (Å²) in [6, 6.07) is 5.54. The summed E-state index contributed by atoms with van der Waals surface area (Å²) in [6.45, 7) is 3.43. The number of rotatable bonds is 4. The monoisotopic (exact) mass is 286 g/mol. The van der Waals surface area contributed by atoms with E-state index in [1.807, 2.05) is 31.3 Å². The molecule has 0 fully saturated rings. The normalized spacial score (nSPS) is 10.8. The van der Waals surface area contributed by atoms with Crippen LogP contribution >= 0.6 is 34.5 Å². The van der Waals surface area contributed by atoms with E-state index in [-0.39, 0.29) is 0 Å². The van der Waals surface area contributed by atoms with Crippen molar-refractivity contribution in [3.8, 4) is 0 Å².